The number of benzene rings is 2. The topological polar surface area (TPSA) is 25.3 Å². The van der Waals surface area contributed by atoms with E-state index in [4.69, 9.17) is 0 Å². The van der Waals surface area contributed by atoms with E-state index in [0.717, 1.165) is 48.2 Å². The second kappa shape index (κ2) is 22.1. The van der Waals surface area contributed by atoms with Gasteiger partial charge >= 0.3 is 16.5 Å². The van der Waals surface area contributed by atoms with Crippen molar-refractivity contribution in [2.24, 2.45) is 0 Å². The summed E-state index contributed by atoms with van der Waals surface area (Å²) in [7, 11) is 0. The summed E-state index contributed by atoms with van der Waals surface area (Å²) in [6, 6.07) is 17.5. The molecule has 0 saturated heterocycles. The zero-order chi connectivity index (χ0) is 28.2. The number of unbranched alkanes of at least 4 members (excludes halogenated alkanes) is 5. The zero-order valence-corrected chi connectivity index (χ0v) is 25.7. The van der Waals surface area contributed by atoms with Crippen molar-refractivity contribution >= 4 is 11.4 Å². The van der Waals surface area contributed by atoms with Crippen LogP contribution in [-0.2, 0) is 29.3 Å². The Morgan fingerprint density at radius 3 is 1.72 bits per heavy atom. The predicted octanol–water partition coefficient (Wildman–Crippen LogP) is 11.2. The van der Waals surface area contributed by atoms with Crippen LogP contribution in [0.3, 0.4) is 0 Å². The number of nitrogens with zero attached hydrogens (tertiary/aromatic N) is 2. The second-order valence-corrected chi connectivity index (χ2v) is 9.71. The summed E-state index contributed by atoms with van der Waals surface area (Å²) in [6.45, 7) is 19.7. The van der Waals surface area contributed by atoms with Crippen LogP contribution in [0.15, 0.2) is 85.5 Å². The fourth-order valence-corrected chi connectivity index (χ4v) is 4.52. The summed E-state index contributed by atoms with van der Waals surface area (Å²) >= 11 is 0. The molecule has 0 bridgehead atoms. The van der Waals surface area contributed by atoms with Crippen LogP contribution in [0.4, 0.5) is 0 Å². The number of aryl methyl sites for hydroxylation is 2. The minimum absolute atomic E-state index is 0. The average molecular weight is 570 g/mol. The maximum absolute atomic E-state index is 11.4. The summed E-state index contributed by atoms with van der Waals surface area (Å²) in [5.41, 5.74) is 19.4. The molecule has 1 aliphatic heterocycles. The molecule has 1 aliphatic rings. The zero-order valence-electron chi connectivity index (χ0n) is 24.7. The smallest absolute Gasteiger partial charge is 0.493 e. The van der Waals surface area contributed by atoms with E-state index in [1.807, 2.05) is 0 Å². The number of hydrogen-bond donors (Lipinski definition) is 0. The van der Waals surface area contributed by atoms with E-state index < -0.39 is 0 Å². The van der Waals surface area contributed by atoms with Gasteiger partial charge in [-0.15, -0.1) is 0 Å². The molecule has 1 heterocycles. The summed E-state index contributed by atoms with van der Waals surface area (Å²) in [4.78, 5) is 0. The SMILES string of the molecule is C=C[CH2-].C=C[CH2-].CCCCCCC1=C(c2cccc(CCCC)c2)[N+](=[N-])C(c2cccc(CCCC)c2)=C1.[Ni+2]. The molecular weight excluding hydrogens is 519 g/mol. The van der Waals surface area contributed by atoms with Crippen molar-refractivity contribution in [3.05, 3.63) is 127 Å². The fourth-order valence-electron chi connectivity index (χ4n) is 4.52. The second-order valence-electron chi connectivity index (χ2n) is 9.71. The maximum Gasteiger partial charge on any atom is 2.00 e. The Labute approximate surface area is 250 Å². The van der Waals surface area contributed by atoms with Crippen LogP contribution >= 0.6 is 0 Å². The quantitative estimate of drug-likeness (QED) is 0.0993. The number of allylic oxidation sites excluding steroid dienone is 4. The van der Waals surface area contributed by atoms with Gasteiger partial charge < -0.3 is 5.53 Å². The molecule has 0 spiro atoms. The van der Waals surface area contributed by atoms with Crippen molar-refractivity contribution in [2.45, 2.75) is 91.4 Å². The third-order valence-corrected chi connectivity index (χ3v) is 6.42. The van der Waals surface area contributed by atoms with Gasteiger partial charge in [-0.1, -0.05) is 77.1 Å². The van der Waals surface area contributed by atoms with E-state index in [2.05, 4.69) is 102 Å². The molecule has 2 aromatic carbocycles. The molecule has 0 radical (unpaired) electrons. The third-order valence-electron chi connectivity index (χ3n) is 6.42. The largest absolute Gasteiger partial charge is 2.00 e. The third kappa shape index (κ3) is 12.8. The van der Waals surface area contributed by atoms with Gasteiger partial charge in [0, 0.05) is 22.8 Å². The average Bonchev–Trinajstić information content (AvgIpc) is 3.25. The first-order valence-electron chi connectivity index (χ1n) is 14.4. The molecule has 214 valence electrons. The monoisotopic (exact) mass is 568 g/mol. The van der Waals surface area contributed by atoms with Crippen LogP contribution < -0.4 is 0 Å². The first-order chi connectivity index (χ1) is 18.5. The molecule has 2 nitrogen and oxygen atoms in total. The molecule has 0 N–H and O–H groups in total. The molecule has 2 aromatic rings. The number of hydrogen-bond acceptors (Lipinski definition) is 0. The molecule has 0 aliphatic carbocycles. The molecule has 3 rings (SSSR count). The maximum atomic E-state index is 11.4. The Balaban J connectivity index is 0.00000189. The molecule has 39 heavy (non-hydrogen) atoms. The summed E-state index contributed by atoms with van der Waals surface area (Å²) < 4.78 is 1.45. The van der Waals surface area contributed by atoms with Gasteiger partial charge in [0.25, 0.3) is 0 Å². The van der Waals surface area contributed by atoms with Crippen molar-refractivity contribution in [3.8, 4) is 0 Å². The Hall–Kier alpha value is -2.77. The molecular formula is C36H50N2Ni. The van der Waals surface area contributed by atoms with Gasteiger partial charge in [-0.05, 0) is 73.9 Å². The first kappa shape index (κ1) is 36.2. The fraction of sp³-hybridized carbons (Fsp3) is 0.389. The Bertz CT molecular complexity index is 1060. The van der Waals surface area contributed by atoms with Gasteiger partial charge in [-0.2, -0.15) is 0 Å². The Morgan fingerprint density at radius 2 is 1.21 bits per heavy atom. The molecule has 0 atom stereocenters. The van der Waals surface area contributed by atoms with E-state index in [-0.39, 0.29) is 16.5 Å². The van der Waals surface area contributed by atoms with Gasteiger partial charge in [0.15, 0.2) is 0 Å². The number of rotatable bonds is 13. The standard InChI is InChI=1S/C30H40N2.2C3H5.Ni/c1-4-7-10-11-18-28-23-29(26-19-12-16-24(21-26)14-8-5-2)32(31)30(28)27-20-13-17-25(22-27)15-9-6-3;2*1-3-2;/h12-13,16-17,19-23H,4-11,14-15,18H2,1-3H3;2*3H,1-2H2;/q;2*-1;+2. The van der Waals surface area contributed by atoms with Crippen LogP contribution in [0.25, 0.3) is 16.9 Å². The van der Waals surface area contributed by atoms with E-state index in [0.29, 0.717) is 0 Å². The molecule has 0 unspecified atom stereocenters. The van der Waals surface area contributed by atoms with Crippen molar-refractivity contribution in [1.29, 1.82) is 0 Å². The minimum atomic E-state index is 0. The summed E-state index contributed by atoms with van der Waals surface area (Å²) in [5.74, 6) is 0. The van der Waals surface area contributed by atoms with Gasteiger partial charge in [0.05, 0.1) is 0 Å². The summed E-state index contributed by atoms with van der Waals surface area (Å²) in [5, 5.41) is 0. The van der Waals surface area contributed by atoms with E-state index >= 15 is 0 Å². The van der Waals surface area contributed by atoms with Gasteiger partial charge in [0.2, 0.25) is 11.4 Å². The molecule has 0 saturated carbocycles. The summed E-state index contributed by atoms with van der Waals surface area (Å²) in [6.07, 6.45) is 18.1. The Morgan fingerprint density at radius 1 is 0.718 bits per heavy atom. The predicted molar refractivity (Wildman–Crippen MR) is 168 cm³/mol. The van der Waals surface area contributed by atoms with Crippen LogP contribution in [0, 0.1) is 13.8 Å². The van der Waals surface area contributed by atoms with Crippen LogP contribution in [0.1, 0.15) is 101 Å². The Kier molecular flexibility index (Phi) is 20.5. The van der Waals surface area contributed by atoms with Crippen LogP contribution in [0.5, 0.6) is 0 Å². The first-order valence-corrected chi connectivity index (χ1v) is 14.4. The van der Waals surface area contributed by atoms with E-state index in [1.165, 1.54) is 78.5 Å². The van der Waals surface area contributed by atoms with Gasteiger partial charge in [0.1, 0.15) is 0 Å². The van der Waals surface area contributed by atoms with Gasteiger partial charge in [-0.25, -0.2) is 43.9 Å². The van der Waals surface area contributed by atoms with E-state index in [1.54, 1.807) is 0 Å². The van der Waals surface area contributed by atoms with Crippen molar-refractivity contribution in [2.75, 3.05) is 0 Å². The van der Waals surface area contributed by atoms with Crippen LogP contribution in [-0.4, -0.2) is 4.70 Å². The molecule has 0 aromatic heterocycles. The van der Waals surface area contributed by atoms with Gasteiger partial charge in [-0.3, -0.25) is 0 Å². The minimum Gasteiger partial charge on any atom is -0.493 e. The van der Waals surface area contributed by atoms with Crippen molar-refractivity contribution in [1.82, 2.24) is 0 Å². The van der Waals surface area contributed by atoms with Crippen molar-refractivity contribution < 1.29 is 21.2 Å². The van der Waals surface area contributed by atoms with Crippen molar-refractivity contribution in [3.63, 3.8) is 0 Å². The normalized spacial score (nSPS) is 11.9. The molecule has 0 fully saturated rings. The van der Waals surface area contributed by atoms with Crippen LogP contribution in [0.2, 0.25) is 0 Å². The van der Waals surface area contributed by atoms with E-state index in [9.17, 15) is 5.53 Å². The molecule has 0 amide bonds. The molecule has 3 heteroatoms.